The maximum Gasteiger partial charge on any atom is 0.137 e. The summed E-state index contributed by atoms with van der Waals surface area (Å²) in [4.78, 5) is 0. The topological polar surface area (TPSA) is 36.9 Å². The third-order valence-corrected chi connectivity index (χ3v) is 6.73. The molecule has 188 valence electrons. The number of rotatable bonds is 6. The van der Waals surface area contributed by atoms with E-state index in [1.807, 2.05) is 60.7 Å². The van der Waals surface area contributed by atoms with Crippen LogP contribution in [0, 0.1) is 18.6 Å². The van der Waals surface area contributed by atoms with Crippen molar-refractivity contribution in [2.45, 2.75) is 6.92 Å². The second-order valence-electron chi connectivity index (χ2n) is 8.76. The second-order valence-corrected chi connectivity index (χ2v) is 8.76. The molecule has 0 bridgehead atoms. The van der Waals surface area contributed by atoms with Gasteiger partial charge in [-0.2, -0.15) is 0 Å². The minimum absolute atomic E-state index is 0.0822. The fourth-order valence-corrected chi connectivity index (χ4v) is 4.69. The summed E-state index contributed by atoms with van der Waals surface area (Å²) in [5.74, 6) is 1.06. The Morgan fingerprint density at radius 3 is 1.27 bits per heavy atom. The zero-order valence-electron chi connectivity index (χ0n) is 21.2. The van der Waals surface area contributed by atoms with Gasteiger partial charge in [0.25, 0.3) is 0 Å². The third kappa shape index (κ3) is 4.18. The Kier molecular flexibility index (Phi) is 6.34. The van der Waals surface area contributed by atoms with Crippen LogP contribution in [0.5, 0.6) is 23.0 Å². The van der Waals surface area contributed by atoms with Crippen LogP contribution in [-0.4, -0.2) is 28.4 Å². The van der Waals surface area contributed by atoms with Gasteiger partial charge in [-0.25, -0.2) is 8.78 Å². The van der Waals surface area contributed by atoms with E-state index >= 15 is 8.78 Å². The van der Waals surface area contributed by atoms with Crippen molar-refractivity contribution < 1.29 is 27.7 Å². The first-order valence-corrected chi connectivity index (χ1v) is 11.7. The summed E-state index contributed by atoms with van der Waals surface area (Å²) in [5.41, 5.74) is 1.43. The largest absolute Gasteiger partial charge is 0.497 e. The average molecular weight is 501 g/mol. The van der Waals surface area contributed by atoms with Crippen molar-refractivity contribution in [1.29, 1.82) is 0 Å². The van der Waals surface area contributed by atoms with E-state index < -0.39 is 11.6 Å². The number of hydrogen-bond donors (Lipinski definition) is 0. The fourth-order valence-electron chi connectivity index (χ4n) is 4.69. The Morgan fingerprint density at radius 2 is 0.892 bits per heavy atom. The van der Waals surface area contributed by atoms with Crippen molar-refractivity contribution in [3.05, 3.63) is 83.9 Å². The molecule has 0 heterocycles. The maximum atomic E-state index is 15.6. The molecule has 0 N–H and O–H groups in total. The number of methoxy groups -OCH3 is 4. The molecule has 37 heavy (non-hydrogen) atoms. The summed E-state index contributed by atoms with van der Waals surface area (Å²) < 4.78 is 53.2. The molecule has 0 spiro atoms. The van der Waals surface area contributed by atoms with E-state index in [9.17, 15) is 0 Å². The summed E-state index contributed by atoms with van der Waals surface area (Å²) >= 11 is 0. The molecular formula is C31H26F2O4. The van der Waals surface area contributed by atoms with Gasteiger partial charge >= 0.3 is 0 Å². The molecule has 0 fully saturated rings. The molecule has 0 radical (unpaired) electrons. The summed E-state index contributed by atoms with van der Waals surface area (Å²) in [5, 5.41) is 3.51. The highest BCUT2D eigenvalue weighted by atomic mass is 19.1. The van der Waals surface area contributed by atoms with Crippen LogP contribution in [0.4, 0.5) is 8.78 Å². The first kappa shape index (κ1) is 24.4. The maximum absolute atomic E-state index is 15.6. The van der Waals surface area contributed by atoms with Crippen LogP contribution in [0.3, 0.4) is 0 Å². The summed E-state index contributed by atoms with van der Waals surface area (Å²) in [6, 6.07) is 20.1. The zero-order valence-corrected chi connectivity index (χ0v) is 21.2. The van der Waals surface area contributed by atoms with E-state index in [-0.39, 0.29) is 16.7 Å². The molecule has 0 aromatic heterocycles. The number of ether oxygens (including phenoxy) is 4. The Morgan fingerprint density at radius 1 is 0.459 bits per heavy atom. The Balaban J connectivity index is 1.76. The van der Waals surface area contributed by atoms with Crippen LogP contribution in [0.1, 0.15) is 5.56 Å². The van der Waals surface area contributed by atoms with Crippen LogP contribution in [0.25, 0.3) is 43.8 Å². The lowest BCUT2D eigenvalue weighted by Crippen LogP contribution is -2.00. The van der Waals surface area contributed by atoms with Gasteiger partial charge in [0.1, 0.15) is 34.6 Å². The van der Waals surface area contributed by atoms with Gasteiger partial charge in [-0.3, -0.25) is 0 Å². The van der Waals surface area contributed by atoms with E-state index in [1.165, 1.54) is 27.2 Å². The molecule has 0 atom stereocenters. The van der Waals surface area contributed by atoms with E-state index in [0.717, 1.165) is 21.5 Å². The van der Waals surface area contributed by atoms with Gasteiger partial charge in [0, 0.05) is 27.8 Å². The van der Waals surface area contributed by atoms with Gasteiger partial charge in [-0.05, 0) is 83.1 Å². The molecule has 0 amide bonds. The van der Waals surface area contributed by atoms with Crippen LogP contribution < -0.4 is 18.9 Å². The highest BCUT2D eigenvalue weighted by Crippen LogP contribution is 2.43. The monoisotopic (exact) mass is 500 g/mol. The van der Waals surface area contributed by atoms with Crippen molar-refractivity contribution >= 4 is 21.5 Å². The first-order valence-electron chi connectivity index (χ1n) is 11.7. The molecule has 0 unspecified atom stereocenters. The smallest absolute Gasteiger partial charge is 0.137 e. The highest BCUT2D eigenvalue weighted by Gasteiger charge is 2.22. The number of hydrogen-bond acceptors (Lipinski definition) is 4. The van der Waals surface area contributed by atoms with Gasteiger partial charge < -0.3 is 18.9 Å². The van der Waals surface area contributed by atoms with Gasteiger partial charge in [0.05, 0.1) is 28.4 Å². The Hall–Kier alpha value is -4.32. The van der Waals surface area contributed by atoms with Crippen molar-refractivity contribution in [1.82, 2.24) is 0 Å². The van der Waals surface area contributed by atoms with Crippen molar-refractivity contribution in [3.8, 4) is 45.3 Å². The molecule has 0 aliphatic rings. The van der Waals surface area contributed by atoms with Gasteiger partial charge in [-0.15, -0.1) is 0 Å². The van der Waals surface area contributed by atoms with E-state index in [2.05, 4.69) is 0 Å². The predicted octanol–water partition coefficient (Wildman–Crippen LogP) is 7.95. The number of fused-ring (bicyclic) bond motifs is 2. The van der Waals surface area contributed by atoms with Crippen LogP contribution >= 0.6 is 0 Å². The molecule has 5 rings (SSSR count). The lowest BCUT2D eigenvalue weighted by atomic mass is 9.92. The minimum atomic E-state index is -0.642. The van der Waals surface area contributed by atoms with Gasteiger partial charge in [0.15, 0.2) is 0 Å². The molecule has 5 aromatic rings. The zero-order chi connectivity index (χ0) is 26.3. The quantitative estimate of drug-likeness (QED) is 0.237. The molecule has 4 nitrogen and oxygen atoms in total. The summed E-state index contributed by atoms with van der Waals surface area (Å²) in [6.45, 7) is 1.44. The van der Waals surface area contributed by atoms with Crippen molar-refractivity contribution in [3.63, 3.8) is 0 Å². The molecule has 0 saturated heterocycles. The van der Waals surface area contributed by atoms with E-state index in [1.54, 1.807) is 14.2 Å². The van der Waals surface area contributed by atoms with Gasteiger partial charge in [0.2, 0.25) is 0 Å². The molecule has 0 aliphatic carbocycles. The lowest BCUT2D eigenvalue weighted by Gasteiger charge is -2.18. The Bertz CT molecular complexity index is 1540. The predicted molar refractivity (Wildman–Crippen MR) is 143 cm³/mol. The number of halogens is 2. The van der Waals surface area contributed by atoms with Crippen LogP contribution in [0.2, 0.25) is 0 Å². The third-order valence-electron chi connectivity index (χ3n) is 6.73. The molecule has 0 saturated carbocycles. The van der Waals surface area contributed by atoms with Crippen molar-refractivity contribution in [2.75, 3.05) is 28.4 Å². The molecule has 0 aliphatic heterocycles. The average Bonchev–Trinajstić information content (AvgIpc) is 2.94. The normalized spacial score (nSPS) is 11.1. The second kappa shape index (κ2) is 9.62. The molecule has 6 heteroatoms. The SMILES string of the molecule is COc1ccc2cc(-c3cc(-c4cc5ccc(OC)cc5cc4OC)c(F)c(C)c3F)c(OC)cc2c1. The summed E-state index contributed by atoms with van der Waals surface area (Å²) in [6.07, 6.45) is 0. The van der Waals surface area contributed by atoms with Crippen LogP contribution in [0.15, 0.2) is 66.7 Å². The van der Waals surface area contributed by atoms with E-state index in [4.69, 9.17) is 18.9 Å². The van der Waals surface area contributed by atoms with Crippen molar-refractivity contribution in [2.24, 2.45) is 0 Å². The standard InChI is InChI=1S/C31H26F2O4/c1-17-30(32)26(24-12-18-6-8-22(34-2)10-20(18)14-28(24)36-4)16-27(31(17)33)25-13-19-7-9-23(35-3)11-21(19)15-29(25)37-5/h6-16H,1-5H3. The lowest BCUT2D eigenvalue weighted by molar-refractivity contribution is 0.414. The number of benzene rings is 5. The first-order chi connectivity index (χ1) is 17.9. The van der Waals surface area contributed by atoms with Gasteiger partial charge in [-0.1, -0.05) is 12.1 Å². The minimum Gasteiger partial charge on any atom is -0.497 e. The molecular weight excluding hydrogens is 474 g/mol. The molecule has 5 aromatic carbocycles. The fraction of sp³-hybridized carbons (Fsp3) is 0.161. The summed E-state index contributed by atoms with van der Waals surface area (Å²) in [7, 11) is 6.26. The highest BCUT2D eigenvalue weighted by molar-refractivity contribution is 5.95. The Labute approximate surface area is 214 Å². The van der Waals surface area contributed by atoms with Crippen LogP contribution in [-0.2, 0) is 0 Å². The van der Waals surface area contributed by atoms with E-state index in [0.29, 0.717) is 34.1 Å².